The van der Waals surface area contributed by atoms with Crippen LogP contribution in [0.4, 0.5) is 0 Å². The van der Waals surface area contributed by atoms with E-state index in [1.165, 1.54) is 48.7 Å². The molecular weight excluding hydrogens is 326 g/mol. The number of halogens is 1. The van der Waals surface area contributed by atoms with Crippen molar-refractivity contribution in [1.82, 2.24) is 15.1 Å². The van der Waals surface area contributed by atoms with Crippen LogP contribution in [-0.2, 0) is 13.0 Å². The molecule has 1 aromatic heterocycles. The Hall–Kier alpha value is -0.350. The highest BCUT2D eigenvalue weighted by molar-refractivity contribution is 9.10. The first-order chi connectivity index (χ1) is 10.2. The first kappa shape index (κ1) is 17.0. The Morgan fingerprint density at radius 1 is 1.24 bits per heavy atom. The van der Waals surface area contributed by atoms with Gasteiger partial charge in [-0.1, -0.05) is 32.6 Å². The minimum absolute atomic E-state index is 0.589. The zero-order chi connectivity index (χ0) is 15.2. The smallest absolute Gasteiger partial charge is 0.0738 e. The molecular formula is C17H30BrN3. The summed E-state index contributed by atoms with van der Waals surface area (Å²) in [4.78, 5) is 0. The van der Waals surface area contributed by atoms with Gasteiger partial charge in [0.25, 0.3) is 0 Å². The van der Waals surface area contributed by atoms with E-state index in [9.17, 15) is 0 Å². The molecule has 21 heavy (non-hydrogen) atoms. The minimum Gasteiger partial charge on any atom is -0.314 e. The Bertz CT molecular complexity index is 433. The van der Waals surface area contributed by atoms with Crippen LogP contribution in [0.5, 0.6) is 0 Å². The zero-order valence-electron chi connectivity index (χ0n) is 13.8. The Balaban J connectivity index is 2.15. The van der Waals surface area contributed by atoms with Gasteiger partial charge in [0.15, 0.2) is 0 Å². The first-order valence-corrected chi connectivity index (χ1v) is 9.41. The van der Waals surface area contributed by atoms with E-state index in [0.717, 1.165) is 31.1 Å². The maximum atomic E-state index is 4.65. The van der Waals surface area contributed by atoms with Crippen molar-refractivity contribution >= 4 is 15.9 Å². The molecule has 0 radical (unpaired) electrons. The minimum atomic E-state index is 0.589. The van der Waals surface area contributed by atoms with Gasteiger partial charge in [0.2, 0.25) is 0 Å². The summed E-state index contributed by atoms with van der Waals surface area (Å²) >= 11 is 3.75. The summed E-state index contributed by atoms with van der Waals surface area (Å²) in [5.74, 6) is 0.819. The Labute approximate surface area is 138 Å². The van der Waals surface area contributed by atoms with Crippen molar-refractivity contribution in [2.45, 2.75) is 78.3 Å². The number of aromatic nitrogens is 2. The van der Waals surface area contributed by atoms with Crippen LogP contribution in [0.15, 0.2) is 4.47 Å². The van der Waals surface area contributed by atoms with E-state index in [2.05, 4.69) is 51.8 Å². The average molecular weight is 356 g/mol. The molecule has 0 saturated heterocycles. The van der Waals surface area contributed by atoms with Crippen molar-refractivity contribution in [3.63, 3.8) is 0 Å². The van der Waals surface area contributed by atoms with Crippen LogP contribution in [0.1, 0.15) is 63.8 Å². The SMILES string of the molecule is CCNC(Cc1c(Br)c(C)nn1CC)C1CCCCCC1. The van der Waals surface area contributed by atoms with E-state index in [1.807, 2.05) is 0 Å². The number of nitrogens with zero attached hydrogens (tertiary/aromatic N) is 2. The van der Waals surface area contributed by atoms with Gasteiger partial charge in [0.1, 0.15) is 0 Å². The van der Waals surface area contributed by atoms with Crippen molar-refractivity contribution in [2.75, 3.05) is 6.54 Å². The maximum Gasteiger partial charge on any atom is 0.0738 e. The number of nitrogens with one attached hydrogen (secondary N) is 1. The molecule has 0 bridgehead atoms. The second-order valence-electron chi connectivity index (χ2n) is 6.28. The van der Waals surface area contributed by atoms with Crippen molar-refractivity contribution in [3.05, 3.63) is 15.9 Å². The molecule has 1 aliphatic carbocycles. The van der Waals surface area contributed by atoms with Gasteiger partial charge in [-0.05, 0) is 55.1 Å². The average Bonchev–Trinajstić information content (AvgIpc) is 2.69. The normalized spacial score (nSPS) is 18.7. The number of hydrogen-bond donors (Lipinski definition) is 1. The van der Waals surface area contributed by atoms with Gasteiger partial charge in [-0.25, -0.2) is 0 Å². The van der Waals surface area contributed by atoms with Gasteiger partial charge in [-0.3, -0.25) is 4.68 Å². The molecule has 1 atom stereocenters. The highest BCUT2D eigenvalue weighted by Gasteiger charge is 2.25. The lowest BCUT2D eigenvalue weighted by Crippen LogP contribution is -2.38. The van der Waals surface area contributed by atoms with Crippen LogP contribution in [0.2, 0.25) is 0 Å². The molecule has 2 rings (SSSR count). The Morgan fingerprint density at radius 2 is 1.90 bits per heavy atom. The fourth-order valence-electron chi connectivity index (χ4n) is 3.65. The fourth-order valence-corrected chi connectivity index (χ4v) is 4.10. The second kappa shape index (κ2) is 8.33. The second-order valence-corrected chi connectivity index (χ2v) is 7.07. The van der Waals surface area contributed by atoms with Gasteiger partial charge in [-0.2, -0.15) is 5.10 Å². The van der Waals surface area contributed by atoms with Crippen molar-refractivity contribution in [2.24, 2.45) is 5.92 Å². The number of hydrogen-bond acceptors (Lipinski definition) is 2. The molecule has 120 valence electrons. The molecule has 1 aromatic rings. The third kappa shape index (κ3) is 4.32. The van der Waals surface area contributed by atoms with E-state index in [0.29, 0.717) is 6.04 Å². The summed E-state index contributed by atoms with van der Waals surface area (Å²) in [7, 11) is 0. The molecule has 1 aliphatic rings. The van der Waals surface area contributed by atoms with E-state index < -0.39 is 0 Å². The van der Waals surface area contributed by atoms with Crippen LogP contribution in [0.25, 0.3) is 0 Å². The van der Waals surface area contributed by atoms with Gasteiger partial charge in [0, 0.05) is 19.0 Å². The first-order valence-electron chi connectivity index (χ1n) is 8.62. The van der Waals surface area contributed by atoms with Crippen LogP contribution in [-0.4, -0.2) is 22.4 Å². The predicted octanol–water partition coefficient (Wildman–Crippen LogP) is 4.46. The van der Waals surface area contributed by atoms with Crippen molar-refractivity contribution in [3.8, 4) is 0 Å². The summed E-state index contributed by atoms with van der Waals surface area (Å²) in [5.41, 5.74) is 2.48. The van der Waals surface area contributed by atoms with Crippen molar-refractivity contribution < 1.29 is 0 Å². The van der Waals surface area contributed by atoms with Crippen molar-refractivity contribution in [1.29, 1.82) is 0 Å². The molecule has 1 heterocycles. The number of aryl methyl sites for hydroxylation is 2. The van der Waals surface area contributed by atoms with Gasteiger partial charge in [0.05, 0.1) is 15.9 Å². The van der Waals surface area contributed by atoms with Gasteiger partial charge >= 0.3 is 0 Å². The maximum absolute atomic E-state index is 4.65. The van der Waals surface area contributed by atoms with Gasteiger partial charge in [-0.15, -0.1) is 0 Å². The standard InChI is InChI=1S/C17H30BrN3/c1-4-19-15(14-10-8-6-7-9-11-14)12-16-17(18)13(3)20-21(16)5-2/h14-15,19H,4-12H2,1-3H3. The quantitative estimate of drug-likeness (QED) is 0.763. The molecule has 3 nitrogen and oxygen atoms in total. The topological polar surface area (TPSA) is 29.9 Å². The third-order valence-electron chi connectivity index (χ3n) is 4.80. The summed E-state index contributed by atoms with van der Waals surface area (Å²) in [6, 6.07) is 0.589. The summed E-state index contributed by atoms with van der Waals surface area (Å²) in [6.45, 7) is 8.49. The lowest BCUT2D eigenvalue weighted by atomic mass is 9.89. The van der Waals surface area contributed by atoms with Crippen LogP contribution >= 0.6 is 15.9 Å². The summed E-state index contributed by atoms with van der Waals surface area (Å²) in [6.07, 6.45) is 9.51. The summed E-state index contributed by atoms with van der Waals surface area (Å²) < 4.78 is 3.38. The number of rotatable bonds is 6. The summed E-state index contributed by atoms with van der Waals surface area (Å²) in [5, 5.41) is 8.40. The fraction of sp³-hybridized carbons (Fsp3) is 0.824. The molecule has 0 spiro atoms. The molecule has 1 fully saturated rings. The van der Waals surface area contributed by atoms with E-state index >= 15 is 0 Å². The molecule has 0 aromatic carbocycles. The number of likely N-dealkylation sites (N-methyl/N-ethyl adjacent to an activating group) is 1. The van der Waals surface area contributed by atoms with E-state index in [1.54, 1.807) is 0 Å². The van der Waals surface area contributed by atoms with E-state index in [4.69, 9.17) is 0 Å². The van der Waals surface area contributed by atoms with Crippen LogP contribution in [0, 0.1) is 12.8 Å². The van der Waals surface area contributed by atoms with E-state index in [-0.39, 0.29) is 0 Å². The monoisotopic (exact) mass is 355 g/mol. The zero-order valence-corrected chi connectivity index (χ0v) is 15.4. The molecule has 1 N–H and O–H groups in total. The molecule has 1 saturated carbocycles. The molecule has 4 heteroatoms. The highest BCUT2D eigenvalue weighted by atomic mass is 79.9. The molecule has 0 aliphatic heterocycles. The molecule has 1 unspecified atom stereocenters. The third-order valence-corrected chi connectivity index (χ3v) is 5.83. The Kier molecular flexibility index (Phi) is 6.74. The Morgan fingerprint density at radius 3 is 2.48 bits per heavy atom. The lowest BCUT2D eigenvalue weighted by molar-refractivity contribution is 0.316. The lowest BCUT2D eigenvalue weighted by Gasteiger charge is -2.27. The van der Waals surface area contributed by atoms with Crippen LogP contribution in [0.3, 0.4) is 0 Å². The molecule has 0 amide bonds. The predicted molar refractivity (Wildman–Crippen MR) is 92.7 cm³/mol. The van der Waals surface area contributed by atoms with Crippen LogP contribution < -0.4 is 5.32 Å². The largest absolute Gasteiger partial charge is 0.314 e. The highest BCUT2D eigenvalue weighted by Crippen LogP contribution is 2.29. The van der Waals surface area contributed by atoms with Gasteiger partial charge < -0.3 is 5.32 Å².